The van der Waals surface area contributed by atoms with Crippen LogP contribution >= 0.6 is 0 Å². The first kappa shape index (κ1) is 25.8. The topological polar surface area (TPSA) is 116 Å². The van der Waals surface area contributed by atoms with Crippen molar-refractivity contribution in [3.05, 3.63) is 41.0 Å². The number of amides is 1. The summed E-state index contributed by atoms with van der Waals surface area (Å²) in [6, 6.07) is 7.08. The lowest BCUT2D eigenvalue weighted by Gasteiger charge is -2.39. The van der Waals surface area contributed by atoms with E-state index in [2.05, 4.69) is 0 Å². The van der Waals surface area contributed by atoms with Gasteiger partial charge < -0.3 is 43.3 Å². The Morgan fingerprint density at radius 2 is 1.61 bits per heavy atom. The van der Waals surface area contributed by atoms with Gasteiger partial charge in [0.2, 0.25) is 12.5 Å². The van der Waals surface area contributed by atoms with Gasteiger partial charge in [0.05, 0.1) is 20.8 Å². The first-order valence-corrected chi connectivity index (χ1v) is 12.3. The van der Waals surface area contributed by atoms with Crippen LogP contribution in [0.4, 0.5) is 4.79 Å². The second-order valence-electron chi connectivity index (χ2n) is 9.93. The van der Waals surface area contributed by atoms with Crippen LogP contribution in [0.25, 0.3) is 0 Å². The van der Waals surface area contributed by atoms with Crippen molar-refractivity contribution in [1.29, 1.82) is 0 Å². The Morgan fingerprint density at radius 3 is 2.21 bits per heavy atom. The molecule has 0 bridgehead atoms. The number of carbonyl (C=O) groups excluding carboxylic acids is 2. The van der Waals surface area contributed by atoms with Crippen LogP contribution in [0.5, 0.6) is 28.7 Å². The standard InChI is InChI=1S/C27H32N2O9/c1-28(2)6-7-29(3)27(32)38-25-16-11-19-18(36-13-37-19)10-15(16)22(17-12-35-26(31)23(17)25)14-8-20(33-4)24(30)21(9-14)34-5/h8-11,17,22-23,25,30H,6-7,12-13H2,1-5H3. The minimum absolute atomic E-state index is 0.0658. The van der Waals surface area contributed by atoms with Crippen LogP contribution in [0.1, 0.15) is 28.7 Å². The smallest absolute Gasteiger partial charge is 0.410 e. The van der Waals surface area contributed by atoms with E-state index in [1.165, 1.54) is 19.1 Å². The number of phenolic OH excluding ortho intramolecular Hbond substituents is 1. The molecule has 38 heavy (non-hydrogen) atoms. The highest BCUT2D eigenvalue weighted by atomic mass is 16.7. The van der Waals surface area contributed by atoms with E-state index in [4.69, 9.17) is 28.4 Å². The van der Waals surface area contributed by atoms with Gasteiger partial charge in [0, 0.05) is 37.5 Å². The van der Waals surface area contributed by atoms with Crippen molar-refractivity contribution in [2.75, 3.05) is 61.9 Å². The first-order chi connectivity index (χ1) is 18.2. The van der Waals surface area contributed by atoms with Crippen molar-refractivity contribution in [2.24, 2.45) is 11.8 Å². The molecule has 3 aliphatic rings. The van der Waals surface area contributed by atoms with E-state index >= 15 is 0 Å². The Labute approximate surface area is 220 Å². The van der Waals surface area contributed by atoms with Crippen LogP contribution < -0.4 is 18.9 Å². The summed E-state index contributed by atoms with van der Waals surface area (Å²) in [5, 5.41) is 10.5. The minimum atomic E-state index is -0.883. The van der Waals surface area contributed by atoms with Crippen molar-refractivity contribution in [1.82, 2.24) is 9.80 Å². The Balaban J connectivity index is 1.62. The molecule has 1 fully saturated rings. The molecule has 1 amide bonds. The highest BCUT2D eigenvalue weighted by molar-refractivity contribution is 5.79. The molecule has 5 rings (SSSR count). The maximum atomic E-state index is 13.1. The molecule has 0 radical (unpaired) electrons. The van der Waals surface area contributed by atoms with Gasteiger partial charge in [-0.2, -0.15) is 0 Å². The van der Waals surface area contributed by atoms with Gasteiger partial charge in [-0.1, -0.05) is 0 Å². The number of ether oxygens (including phenoxy) is 6. The van der Waals surface area contributed by atoms with E-state index < -0.39 is 24.1 Å². The van der Waals surface area contributed by atoms with Crippen molar-refractivity contribution < 1.29 is 43.1 Å². The number of carbonyl (C=O) groups is 2. The summed E-state index contributed by atoms with van der Waals surface area (Å²) >= 11 is 0. The van der Waals surface area contributed by atoms with Crippen LogP contribution in [-0.2, 0) is 14.3 Å². The van der Waals surface area contributed by atoms with Crippen LogP contribution in [-0.4, -0.2) is 88.8 Å². The third-order valence-electron chi connectivity index (χ3n) is 7.41. The molecule has 0 aromatic heterocycles. The quantitative estimate of drug-likeness (QED) is 0.538. The van der Waals surface area contributed by atoms with E-state index in [9.17, 15) is 14.7 Å². The molecule has 2 aliphatic heterocycles. The fourth-order valence-corrected chi connectivity index (χ4v) is 5.41. The van der Waals surface area contributed by atoms with Crippen LogP contribution in [0.15, 0.2) is 24.3 Å². The van der Waals surface area contributed by atoms with Gasteiger partial charge in [-0.15, -0.1) is 0 Å². The van der Waals surface area contributed by atoms with Gasteiger partial charge in [-0.3, -0.25) is 4.79 Å². The van der Waals surface area contributed by atoms with E-state index in [-0.39, 0.29) is 42.5 Å². The molecule has 2 heterocycles. The zero-order chi connectivity index (χ0) is 27.1. The summed E-state index contributed by atoms with van der Waals surface area (Å²) in [5.74, 6) is -0.500. The van der Waals surface area contributed by atoms with Crippen LogP contribution in [0.2, 0.25) is 0 Å². The number of hydrogen-bond donors (Lipinski definition) is 1. The summed E-state index contributed by atoms with van der Waals surface area (Å²) in [4.78, 5) is 29.7. The van der Waals surface area contributed by atoms with Crippen LogP contribution in [0.3, 0.4) is 0 Å². The number of rotatable bonds is 7. The second kappa shape index (κ2) is 10.1. The molecule has 204 valence electrons. The maximum absolute atomic E-state index is 13.1. The molecule has 2 aromatic rings. The van der Waals surface area contributed by atoms with Crippen molar-refractivity contribution in [3.8, 4) is 28.7 Å². The Hall–Kier alpha value is -3.86. The molecule has 1 saturated heterocycles. The minimum Gasteiger partial charge on any atom is -0.502 e. The molecule has 0 saturated carbocycles. The predicted octanol–water partition coefficient (Wildman–Crippen LogP) is 2.74. The fraction of sp³-hybridized carbons (Fsp3) is 0.481. The summed E-state index contributed by atoms with van der Waals surface area (Å²) in [7, 11) is 8.42. The molecule has 11 nitrogen and oxygen atoms in total. The average Bonchev–Trinajstić information content (AvgIpc) is 3.52. The van der Waals surface area contributed by atoms with Gasteiger partial charge in [-0.05, 0) is 49.5 Å². The number of hydrogen-bond acceptors (Lipinski definition) is 10. The zero-order valence-electron chi connectivity index (χ0n) is 22.1. The van der Waals surface area contributed by atoms with Crippen molar-refractivity contribution >= 4 is 12.1 Å². The van der Waals surface area contributed by atoms with Crippen LogP contribution in [0, 0.1) is 11.8 Å². The number of phenols is 1. The number of cyclic esters (lactones) is 1. The number of methoxy groups -OCH3 is 2. The lowest BCUT2D eigenvalue weighted by atomic mass is 9.66. The highest BCUT2D eigenvalue weighted by Crippen LogP contribution is 2.56. The third-order valence-corrected chi connectivity index (χ3v) is 7.41. The summed E-state index contributed by atoms with van der Waals surface area (Å²) < 4.78 is 33.7. The normalized spacial score (nSPS) is 22.9. The predicted molar refractivity (Wildman–Crippen MR) is 134 cm³/mol. The monoisotopic (exact) mass is 528 g/mol. The highest BCUT2D eigenvalue weighted by Gasteiger charge is 2.54. The fourth-order valence-electron chi connectivity index (χ4n) is 5.41. The van der Waals surface area contributed by atoms with E-state index in [1.54, 1.807) is 25.2 Å². The Morgan fingerprint density at radius 1 is 0.974 bits per heavy atom. The number of benzene rings is 2. The molecule has 4 unspecified atom stereocenters. The molecule has 4 atom stereocenters. The summed E-state index contributed by atoms with van der Waals surface area (Å²) in [6.07, 6.45) is -1.42. The third kappa shape index (κ3) is 4.40. The number of esters is 1. The van der Waals surface area contributed by atoms with E-state index in [1.807, 2.05) is 25.1 Å². The van der Waals surface area contributed by atoms with E-state index in [0.29, 0.717) is 30.2 Å². The number of fused-ring (bicyclic) bond motifs is 3. The van der Waals surface area contributed by atoms with Crippen molar-refractivity contribution in [3.63, 3.8) is 0 Å². The van der Waals surface area contributed by atoms with Gasteiger partial charge in [-0.25, -0.2) is 4.79 Å². The molecular weight excluding hydrogens is 496 g/mol. The average molecular weight is 529 g/mol. The SMILES string of the molecule is COc1cc(C2c3cc4c(cc3C(OC(=O)N(C)CCN(C)C)C3C(=O)OCC23)OCO4)cc(OC)c1O. The lowest BCUT2D eigenvalue weighted by molar-refractivity contribution is -0.144. The van der Waals surface area contributed by atoms with Gasteiger partial charge in [0.1, 0.15) is 12.0 Å². The number of likely N-dealkylation sites (N-methyl/N-ethyl adjacent to an activating group) is 2. The lowest BCUT2D eigenvalue weighted by Crippen LogP contribution is -2.40. The Kier molecular flexibility index (Phi) is 6.87. The number of nitrogens with zero attached hydrogens (tertiary/aromatic N) is 2. The molecule has 1 N–H and O–H groups in total. The van der Waals surface area contributed by atoms with Crippen molar-refractivity contribution in [2.45, 2.75) is 12.0 Å². The zero-order valence-corrected chi connectivity index (χ0v) is 22.1. The summed E-state index contributed by atoms with van der Waals surface area (Å²) in [6.45, 7) is 1.32. The molecule has 0 spiro atoms. The maximum Gasteiger partial charge on any atom is 0.410 e. The second-order valence-corrected chi connectivity index (χ2v) is 9.93. The van der Waals surface area contributed by atoms with E-state index in [0.717, 1.165) is 11.1 Å². The number of aromatic hydroxyl groups is 1. The molecule has 1 aliphatic carbocycles. The first-order valence-electron chi connectivity index (χ1n) is 12.3. The van der Waals surface area contributed by atoms with Gasteiger partial charge >= 0.3 is 12.1 Å². The molecule has 2 aromatic carbocycles. The largest absolute Gasteiger partial charge is 0.502 e. The van der Waals surface area contributed by atoms with Gasteiger partial charge in [0.25, 0.3) is 0 Å². The Bertz CT molecular complexity index is 1220. The summed E-state index contributed by atoms with van der Waals surface area (Å²) in [5.41, 5.74) is 2.19. The molecular formula is C27H32N2O9. The molecule has 11 heteroatoms. The van der Waals surface area contributed by atoms with Gasteiger partial charge in [0.15, 0.2) is 23.0 Å².